The minimum absolute atomic E-state index is 0.0785. The molecule has 2 aromatic carbocycles. The first kappa shape index (κ1) is 18.6. The maximum absolute atomic E-state index is 12.4. The number of carbonyl (C=O) groups excluding carboxylic acids is 1. The van der Waals surface area contributed by atoms with Crippen LogP contribution in [0.3, 0.4) is 0 Å². The van der Waals surface area contributed by atoms with Crippen molar-refractivity contribution >= 4 is 33.6 Å². The predicted octanol–water partition coefficient (Wildman–Crippen LogP) is 4.33. The predicted molar refractivity (Wildman–Crippen MR) is 100 cm³/mol. The van der Waals surface area contributed by atoms with E-state index in [4.69, 9.17) is 4.74 Å². The summed E-state index contributed by atoms with van der Waals surface area (Å²) in [7, 11) is 1.44. The molecule has 0 radical (unpaired) electrons. The zero-order chi connectivity index (χ0) is 18.6. The average Bonchev–Trinajstić information content (AvgIpc) is 2.57. The van der Waals surface area contributed by atoms with E-state index < -0.39 is 5.91 Å². The molecule has 5 nitrogen and oxygen atoms in total. The molecule has 0 aliphatic carbocycles. The van der Waals surface area contributed by atoms with Crippen LogP contribution in [0.15, 0.2) is 40.4 Å². The van der Waals surface area contributed by atoms with Crippen LogP contribution in [-0.2, 0) is 4.79 Å². The fourth-order valence-electron chi connectivity index (χ4n) is 2.28. The normalized spacial score (nSPS) is 10.9. The third-order valence-electron chi connectivity index (χ3n) is 3.59. The van der Waals surface area contributed by atoms with Gasteiger partial charge in [-0.3, -0.25) is 4.79 Å². The van der Waals surface area contributed by atoms with Gasteiger partial charge in [0.25, 0.3) is 5.91 Å². The average molecular weight is 401 g/mol. The second-order valence-electron chi connectivity index (χ2n) is 5.49. The molecule has 2 aromatic rings. The monoisotopic (exact) mass is 400 g/mol. The van der Waals surface area contributed by atoms with Crippen molar-refractivity contribution in [3.05, 3.63) is 57.1 Å². The molecule has 2 rings (SSSR count). The van der Waals surface area contributed by atoms with E-state index in [1.807, 2.05) is 32.0 Å². The number of hydrogen-bond donors (Lipinski definition) is 2. The van der Waals surface area contributed by atoms with Gasteiger partial charge in [0.05, 0.1) is 7.11 Å². The van der Waals surface area contributed by atoms with E-state index in [2.05, 4.69) is 21.2 Å². The number of nitrogens with zero attached hydrogens (tertiary/aromatic N) is 1. The summed E-state index contributed by atoms with van der Waals surface area (Å²) in [6.45, 7) is 3.85. The molecule has 0 fully saturated rings. The van der Waals surface area contributed by atoms with E-state index >= 15 is 0 Å². The first-order valence-corrected chi connectivity index (χ1v) is 8.22. The van der Waals surface area contributed by atoms with Gasteiger partial charge in [0, 0.05) is 10.2 Å². The maximum Gasteiger partial charge on any atom is 0.266 e. The number of aryl methyl sites for hydroxylation is 2. The lowest BCUT2D eigenvalue weighted by molar-refractivity contribution is -0.112. The Morgan fingerprint density at radius 1 is 1.32 bits per heavy atom. The van der Waals surface area contributed by atoms with Crippen molar-refractivity contribution in [1.82, 2.24) is 0 Å². The standard InChI is InChI=1S/C19H17BrN2O3/c1-11-4-5-16(12(2)6-11)22-19(24)14(10-21)7-13-8-17(23)18(25-3)9-15(13)20/h4-9,23H,1-3H3,(H,22,24)/b14-7+. The summed E-state index contributed by atoms with van der Waals surface area (Å²) in [5.74, 6) is -0.303. The molecule has 1 amide bonds. The molecule has 0 unspecified atom stereocenters. The minimum atomic E-state index is -0.517. The second kappa shape index (κ2) is 7.86. The van der Waals surface area contributed by atoms with E-state index in [1.54, 1.807) is 12.1 Å². The molecular weight excluding hydrogens is 384 g/mol. The Labute approximate surface area is 154 Å². The highest BCUT2D eigenvalue weighted by atomic mass is 79.9. The maximum atomic E-state index is 12.4. The number of aromatic hydroxyl groups is 1. The van der Waals surface area contributed by atoms with Gasteiger partial charge >= 0.3 is 0 Å². The number of phenolic OH excluding ortho intramolecular Hbond substituents is 1. The van der Waals surface area contributed by atoms with Crippen molar-refractivity contribution in [2.24, 2.45) is 0 Å². The van der Waals surface area contributed by atoms with Crippen molar-refractivity contribution in [3.8, 4) is 17.6 Å². The van der Waals surface area contributed by atoms with Gasteiger partial charge in [-0.25, -0.2) is 0 Å². The summed E-state index contributed by atoms with van der Waals surface area (Å²) < 4.78 is 5.61. The molecule has 128 valence electrons. The number of benzene rings is 2. The van der Waals surface area contributed by atoms with Crippen molar-refractivity contribution in [2.75, 3.05) is 12.4 Å². The van der Waals surface area contributed by atoms with Gasteiger partial charge in [0.2, 0.25) is 0 Å². The quantitative estimate of drug-likeness (QED) is 0.590. The molecule has 0 atom stereocenters. The Morgan fingerprint density at radius 3 is 2.64 bits per heavy atom. The van der Waals surface area contributed by atoms with Gasteiger partial charge < -0.3 is 15.2 Å². The summed E-state index contributed by atoms with van der Waals surface area (Å²) in [6, 6.07) is 10.5. The van der Waals surface area contributed by atoms with E-state index in [1.165, 1.54) is 19.3 Å². The number of hydrogen-bond acceptors (Lipinski definition) is 4. The number of anilines is 1. The van der Waals surface area contributed by atoms with Crippen molar-refractivity contribution in [1.29, 1.82) is 5.26 Å². The lowest BCUT2D eigenvalue weighted by atomic mass is 10.1. The zero-order valence-corrected chi connectivity index (χ0v) is 15.6. The number of halogens is 1. The Morgan fingerprint density at radius 2 is 2.04 bits per heavy atom. The lowest BCUT2D eigenvalue weighted by Gasteiger charge is -2.09. The fourth-order valence-corrected chi connectivity index (χ4v) is 2.72. The highest BCUT2D eigenvalue weighted by molar-refractivity contribution is 9.10. The first-order chi connectivity index (χ1) is 11.8. The number of phenols is 1. The first-order valence-electron chi connectivity index (χ1n) is 7.42. The summed E-state index contributed by atoms with van der Waals surface area (Å²) in [5, 5.41) is 21.9. The second-order valence-corrected chi connectivity index (χ2v) is 6.34. The highest BCUT2D eigenvalue weighted by Crippen LogP contribution is 2.33. The number of methoxy groups -OCH3 is 1. The molecule has 25 heavy (non-hydrogen) atoms. The molecule has 0 saturated carbocycles. The molecule has 2 N–H and O–H groups in total. The third-order valence-corrected chi connectivity index (χ3v) is 4.28. The topological polar surface area (TPSA) is 82.3 Å². The summed E-state index contributed by atoms with van der Waals surface area (Å²) in [5.41, 5.74) is 3.06. The number of nitrogens with one attached hydrogen (secondary N) is 1. The summed E-state index contributed by atoms with van der Waals surface area (Å²) in [4.78, 5) is 12.4. The Balaban J connectivity index is 2.33. The van der Waals surface area contributed by atoms with Gasteiger partial charge in [-0.1, -0.05) is 33.6 Å². The number of amides is 1. The van der Waals surface area contributed by atoms with Crippen LogP contribution >= 0.6 is 15.9 Å². The van der Waals surface area contributed by atoms with Crippen LogP contribution < -0.4 is 10.1 Å². The fraction of sp³-hybridized carbons (Fsp3) is 0.158. The van der Waals surface area contributed by atoms with Crippen LogP contribution in [0.1, 0.15) is 16.7 Å². The van der Waals surface area contributed by atoms with Crippen LogP contribution in [0.4, 0.5) is 5.69 Å². The Bertz CT molecular complexity index is 898. The number of ether oxygens (including phenoxy) is 1. The molecule has 0 saturated heterocycles. The smallest absolute Gasteiger partial charge is 0.266 e. The van der Waals surface area contributed by atoms with Crippen molar-refractivity contribution in [2.45, 2.75) is 13.8 Å². The molecule has 6 heteroatoms. The van der Waals surface area contributed by atoms with Gasteiger partial charge in [0.1, 0.15) is 11.6 Å². The molecule has 0 heterocycles. The molecule has 0 aliphatic heterocycles. The van der Waals surface area contributed by atoms with Gasteiger partial charge in [0.15, 0.2) is 11.5 Å². The lowest BCUT2D eigenvalue weighted by Crippen LogP contribution is -2.14. The Kier molecular flexibility index (Phi) is 5.84. The van der Waals surface area contributed by atoms with E-state index in [9.17, 15) is 15.2 Å². The van der Waals surface area contributed by atoms with Crippen molar-refractivity contribution < 1.29 is 14.6 Å². The van der Waals surface area contributed by atoms with Crippen LogP contribution in [0.2, 0.25) is 0 Å². The van der Waals surface area contributed by atoms with E-state index in [0.29, 0.717) is 21.5 Å². The summed E-state index contributed by atoms with van der Waals surface area (Å²) in [6.07, 6.45) is 1.40. The number of carbonyl (C=O) groups is 1. The minimum Gasteiger partial charge on any atom is -0.504 e. The molecule has 0 bridgehead atoms. The van der Waals surface area contributed by atoms with Gasteiger partial charge in [-0.05, 0) is 49.2 Å². The molecule has 0 aliphatic rings. The zero-order valence-electron chi connectivity index (χ0n) is 14.1. The molecule has 0 aromatic heterocycles. The number of rotatable bonds is 4. The highest BCUT2D eigenvalue weighted by Gasteiger charge is 2.13. The largest absolute Gasteiger partial charge is 0.504 e. The van der Waals surface area contributed by atoms with Gasteiger partial charge in [-0.15, -0.1) is 0 Å². The summed E-state index contributed by atoms with van der Waals surface area (Å²) >= 11 is 3.34. The SMILES string of the molecule is COc1cc(Br)c(/C=C(\C#N)C(=O)Nc2ccc(C)cc2C)cc1O. The third kappa shape index (κ3) is 4.40. The molecule has 0 spiro atoms. The van der Waals surface area contributed by atoms with Crippen LogP contribution in [0.5, 0.6) is 11.5 Å². The number of nitriles is 1. The van der Waals surface area contributed by atoms with E-state index in [-0.39, 0.29) is 11.3 Å². The van der Waals surface area contributed by atoms with Crippen LogP contribution in [0.25, 0.3) is 6.08 Å². The molecular formula is C19H17BrN2O3. The van der Waals surface area contributed by atoms with Crippen LogP contribution in [0, 0.1) is 25.2 Å². The Hall–Kier alpha value is -2.78. The van der Waals surface area contributed by atoms with Crippen molar-refractivity contribution in [3.63, 3.8) is 0 Å². The van der Waals surface area contributed by atoms with Crippen LogP contribution in [-0.4, -0.2) is 18.1 Å². The van der Waals surface area contributed by atoms with Gasteiger partial charge in [-0.2, -0.15) is 5.26 Å². The van der Waals surface area contributed by atoms with E-state index in [0.717, 1.165) is 11.1 Å².